The van der Waals surface area contributed by atoms with Crippen molar-refractivity contribution in [1.29, 1.82) is 10.8 Å². The Morgan fingerprint density at radius 3 is 2.57 bits per heavy atom. The monoisotopic (exact) mass is 375 g/mol. The number of rotatable bonds is 7. The number of benzene rings is 1. The molecule has 2 N–H and O–H groups in total. The fourth-order valence-corrected chi connectivity index (χ4v) is 2.46. The SMILES string of the molecule is Cc1cc(OCC(=N)/C=C\C=N)cc(=O)n1Cc1ccc(C#CC(C)C)cc1. The Kier molecular flexibility index (Phi) is 7.53. The van der Waals surface area contributed by atoms with E-state index in [0.29, 0.717) is 18.2 Å². The number of pyridine rings is 1. The summed E-state index contributed by atoms with van der Waals surface area (Å²) in [5.74, 6) is 7.04. The summed E-state index contributed by atoms with van der Waals surface area (Å²) in [4.78, 5) is 12.5. The molecule has 144 valence electrons. The Hall–Kier alpha value is -3.39. The lowest BCUT2D eigenvalue weighted by atomic mass is 10.1. The summed E-state index contributed by atoms with van der Waals surface area (Å²) in [5, 5.41) is 14.6. The second kappa shape index (κ2) is 10.1. The summed E-state index contributed by atoms with van der Waals surface area (Å²) >= 11 is 0. The number of allylic oxidation sites excluding steroid dienone is 1. The summed E-state index contributed by atoms with van der Waals surface area (Å²) < 4.78 is 7.20. The van der Waals surface area contributed by atoms with Gasteiger partial charge in [0, 0.05) is 29.5 Å². The molecular formula is C23H25N3O2. The van der Waals surface area contributed by atoms with Crippen molar-refractivity contribution in [3.05, 3.63) is 75.7 Å². The molecule has 0 spiro atoms. The molecule has 0 saturated heterocycles. The van der Waals surface area contributed by atoms with Gasteiger partial charge >= 0.3 is 0 Å². The molecule has 0 bridgehead atoms. The quantitative estimate of drug-likeness (QED) is 0.570. The van der Waals surface area contributed by atoms with Gasteiger partial charge in [-0.1, -0.05) is 37.8 Å². The van der Waals surface area contributed by atoms with Crippen LogP contribution in [0.3, 0.4) is 0 Å². The van der Waals surface area contributed by atoms with Crippen LogP contribution in [0.5, 0.6) is 5.75 Å². The molecule has 0 unspecified atom stereocenters. The molecule has 0 radical (unpaired) electrons. The van der Waals surface area contributed by atoms with Crippen molar-refractivity contribution in [2.75, 3.05) is 6.61 Å². The van der Waals surface area contributed by atoms with Crippen molar-refractivity contribution in [3.8, 4) is 17.6 Å². The molecule has 0 atom stereocenters. The number of ether oxygens (including phenoxy) is 1. The highest BCUT2D eigenvalue weighted by Crippen LogP contribution is 2.12. The predicted octanol–water partition coefficient (Wildman–Crippen LogP) is 3.82. The van der Waals surface area contributed by atoms with E-state index in [1.54, 1.807) is 10.6 Å². The first-order valence-corrected chi connectivity index (χ1v) is 9.08. The average Bonchev–Trinajstić information content (AvgIpc) is 2.66. The lowest BCUT2D eigenvalue weighted by Crippen LogP contribution is -2.22. The molecule has 0 aliphatic heterocycles. The molecule has 1 aromatic heterocycles. The highest BCUT2D eigenvalue weighted by molar-refractivity contribution is 5.96. The Morgan fingerprint density at radius 2 is 1.96 bits per heavy atom. The van der Waals surface area contributed by atoms with Crippen molar-refractivity contribution in [2.24, 2.45) is 5.92 Å². The molecule has 1 heterocycles. The molecule has 2 aromatic rings. The third-order valence-electron chi connectivity index (χ3n) is 3.90. The van der Waals surface area contributed by atoms with Crippen molar-refractivity contribution >= 4 is 11.9 Å². The van der Waals surface area contributed by atoms with Gasteiger partial charge in [0.15, 0.2) is 0 Å². The fraction of sp³-hybridized carbons (Fsp3) is 0.261. The average molecular weight is 375 g/mol. The van der Waals surface area contributed by atoms with E-state index in [2.05, 4.69) is 25.7 Å². The lowest BCUT2D eigenvalue weighted by Gasteiger charge is -2.12. The second-order valence-corrected chi connectivity index (χ2v) is 6.72. The lowest BCUT2D eigenvalue weighted by molar-refractivity contribution is 0.374. The first kappa shape index (κ1) is 20.9. The van der Waals surface area contributed by atoms with E-state index < -0.39 is 0 Å². The van der Waals surface area contributed by atoms with Crippen LogP contribution in [-0.4, -0.2) is 23.1 Å². The van der Waals surface area contributed by atoms with Gasteiger partial charge in [0.25, 0.3) is 5.56 Å². The Morgan fingerprint density at radius 1 is 1.25 bits per heavy atom. The minimum Gasteiger partial charge on any atom is -0.487 e. The minimum atomic E-state index is -0.153. The van der Waals surface area contributed by atoms with Crippen LogP contribution in [0.15, 0.2) is 53.3 Å². The number of hydrogen-bond acceptors (Lipinski definition) is 4. The van der Waals surface area contributed by atoms with Crippen LogP contribution in [0, 0.1) is 35.5 Å². The van der Waals surface area contributed by atoms with Crippen molar-refractivity contribution in [2.45, 2.75) is 27.3 Å². The van der Waals surface area contributed by atoms with Crippen LogP contribution in [0.2, 0.25) is 0 Å². The molecule has 5 heteroatoms. The number of nitrogens with zero attached hydrogens (tertiary/aromatic N) is 1. The van der Waals surface area contributed by atoms with Gasteiger partial charge in [-0.3, -0.25) is 4.79 Å². The van der Waals surface area contributed by atoms with Crippen molar-refractivity contribution in [3.63, 3.8) is 0 Å². The third kappa shape index (κ3) is 6.40. The molecule has 0 saturated carbocycles. The van der Waals surface area contributed by atoms with Crippen LogP contribution in [0.4, 0.5) is 0 Å². The zero-order valence-corrected chi connectivity index (χ0v) is 16.5. The highest BCUT2D eigenvalue weighted by Gasteiger charge is 2.06. The van der Waals surface area contributed by atoms with E-state index >= 15 is 0 Å². The largest absolute Gasteiger partial charge is 0.487 e. The first-order valence-electron chi connectivity index (χ1n) is 9.08. The van der Waals surface area contributed by atoms with Gasteiger partial charge < -0.3 is 20.1 Å². The summed E-state index contributed by atoms with van der Waals surface area (Å²) in [5.41, 5.74) is 2.84. The van der Waals surface area contributed by atoms with E-state index in [-0.39, 0.29) is 17.9 Å². The normalized spacial score (nSPS) is 10.6. The molecule has 2 rings (SSSR count). The molecule has 28 heavy (non-hydrogen) atoms. The third-order valence-corrected chi connectivity index (χ3v) is 3.90. The molecule has 0 aliphatic rings. The van der Waals surface area contributed by atoms with E-state index in [1.165, 1.54) is 18.2 Å². The number of nitrogens with one attached hydrogen (secondary N) is 2. The summed E-state index contributed by atoms with van der Waals surface area (Å²) in [6.07, 6.45) is 4.04. The number of hydrogen-bond donors (Lipinski definition) is 2. The van der Waals surface area contributed by atoms with Gasteiger partial charge in [-0.15, -0.1) is 0 Å². The number of aromatic nitrogens is 1. The van der Waals surface area contributed by atoms with E-state index in [4.69, 9.17) is 15.6 Å². The maximum atomic E-state index is 12.5. The predicted molar refractivity (Wildman–Crippen MR) is 114 cm³/mol. The topological polar surface area (TPSA) is 78.9 Å². The Labute approximate surface area is 165 Å². The summed E-state index contributed by atoms with van der Waals surface area (Å²) in [6, 6.07) is 11.1. The zero-order valence-electron chi connectivity index (χ0n) is 16.5. The maximum absolute atomic E-state index is 12.5. The Bertz CT molecular complexity index is 987. The number of aryl methyl sites for hydroxylation is 1. The van der Waals surface area contributed by atoms with E-state index in [9.17, 15) is 4.79 Å². The minimum absolute atomic E-state index is 0.0477. The summed E-state index contributed by atoms with van der Waals surface area (Å²) in [6.45, 7) is 6.49. The smallest absolute Gasteiger partial charge is 0.254 e. The van der Waals surface area contributed by atoms with Crippen molar-refractivity contribution < 1.29 is 4.74 Å². The summed E-state index contributed by atoms with van der Waals surface area (Å²) in [7, 11) is 0. The maximum Gasteiger partial charge on any atom is 0.254 e. The van der Waals surface area contributed by atoms with Crippen LogP contribution < -0.4 is 10.3 Å². The highest BCUT2D eigenvalue weighted by atomic mass is 16.5. The molecule has 0 aliphatic carbocycles. The van der Waals surface area contributed by atoms with Gasteiger partial charge in [0.05, 0.1) is 12.3 Å². The second-order valence-electron chi connectivity index (χ2n) is 6.72. The van der Waals surface area contributed by atoms with E-state index in [1.807, 2.05) is 31.2 Å². The van der Waals surface area contributed by atoms with Crippen molar-refractivity contribution in [1.82, 2.24) is 4.57 Å². The molecule has 0 amide bonds. The van der Waals surface area contributed by atoms with Gasteiger partial charge in [0.2, 0.25) is 0 Å². The molecular weight excluding hydrogens is 350 g/mol. The van der Waals surface area contributed by atoms with Gasteiger partial charge in [0.1, 0.15) is 12.4 Å². The fourth-order valence-electron chi connectivity index (χ4n) is 2.46. The van der Waals surface area contributed by atoms with Gasteiger partial charge in [-0.05, 0) is 42.8 Å². The van der Waals surface area contributed by atoms with Gasteiger partial charge in [-0.2, -0.15) is 0 Å². The van der Waals surface area contributed by atoms with Crippen LogP contribution in [0.1, 0.15) is 30.7 Å². The zero-order chi connectivity index (χ0) is 20.5. The van der Waals surface area contributed by atoms with E-state index in [0.717, 1.165) is 23.0 Å². The molecule has 5 nitrogen and oxygen atoms in total. The Balaban J connectivity index is 2.10. The van der Waals surface area contributed by atoms with Gasteiger partial charge in [-0.25, -0.2) is 0 Å². The molecule has 1 aromatic carbocycles. The van der Waals surface area contributed by atoms with Crippen LogP contribution >= 0.6 is 0 Å². The van der Waals surface area contributed by atoms with Crippen LogP contribution in [0.25, 0.3) is 0 Å². The molecule has 0 fully saturated rings. The first-order chi connectivity index (χ1) is 13.4. The standard InChI is InChI=1S/C23H25N3O2/c1-17(2)6-7-19-8-10-20(11-9-19)15-26-18(3)13-22(14-23(26)27)28-16-21(25)5-4-12-24/h4-5,8-14,17,24-25H,15-16H2,1-3H3/b5-4-,24-12?,25-21?. The van der Waals surface area contributed by atoms with Crippen LogP contribution in [-0.2, 0) is 6.54 Å².